The largest absolute Gasteiger partial charge is 0.465 e. The second-order valence-corrected chi connectivity index (χ2v) is 14.7. The summed E-state index contributed by atoms with van der Waals surface area (Å²) >= 11 is 1.68. The van der Waals surface area contributed by atoms with Gasteiger partial charge in [0, 0.05) is 24.3 Å². The Bertz CT molecular complexity index is 547. The molecule has 0 aliphatic carbocycles. The van der Waals surface area contributed by atoms with Gasteiger partial charge in [0.25, 0.3) is 0 Å². The van der Waals surface area contributed by atoms with Crippen molar-refractivity contribution in [2.24, 2.45) is 0 Å². The first kappa shape index (κ1) is 44.3. The van der Waals surface area contributed by atoms with Crippen molar-refractivity contribution in [2.45, 2.75) is 219 Å². The van der Waals surface area contributed by atoms with Gasteiger partial charge in [0.05, 0.1) is 0 Å². The highest BCUT2D eigenvalue weighted by Crippen LogP contribution is 2.15. The second kappa shape index (κ2) is 39.5. The Balaban J connectivity index is 3.24. The molecule has 0 N–H and O–H groups in total. The van der Waals surface area contributed by atoms with Gasteiger partial charge in [-0.3, -0.25) is 9.59 Å². The molecule has 268 valence electrons. The van der Waals surface area contributed by atoms with Gasteiger partial charge in [-0.25, -0.2) is 0 Å². The van der Waals surface area contributed by atoms with Crippen molar-refractivity contribution in [2.75, 3.05) is 24.7 Å². The molecule has 45 heavy (non-hydrogen) atoms. The fraction of sp³-hybridized carbons (Fsp3) is 0.950. The summed E-state index contributed by atoms with van der Waals surface area (Å²) in [6, 6.07) is 0. The zero-order valence-electron chi connectivity index (χ0n) is 30.5. The Morgan fingerprint density at radius 3 is 0.822 bits per heavy atom. The fourth-order valence-corrected chi connectivity index (χ4v) is 6.56. The summed E-state index contributed by atoms with van der Waals surface area (Å²) < 4.78 is 10.7. The van der Waals surface area contributed by atoms with E-state index < -0.39 is 0 Å². The van der Waals surface area contributed by atoms with Gasteiger partial charge < -0.3 is 9.47 Å². The molecular formula is C40H78O4S. The maximum Gasteiger partial charge on any atom is 0.305 e. The average Bonchev–Trinajstić information content (AvgIpc) is 3.04. The van der Waals surface area contributed by atoms with Gasteiger partial charge in [0.15, 0.2) is 0 Å². The van der Waals surface area contributed by atoms with Crippen molar-refractivity contribution in [1.82, 2.24) is 0 Å². The van der Waals surface area contributed by atoms with Crippen molar-refractivity contribution in [3.63, 3.8) is 0 Å². The number of esters is 2. The number of carbonyl (C=O) groups is 2. The zero-order valence-corrected chi connectivity index (χ0v) is 31.3. The molecule has 0 amide bonds. The van der Waals surface area contributed by atoms with Crippen LogP contribution in [0.15, 0.2) is 0 Å². The van der Waals surface area contributed by atoms with Gasteiger partial charge in [0.1, 0.15) is 13.2 Å². The molecule has 0 aromatic rings. The summed E-state index contributed by atoms with van der Waals surface area (Å²) in [6.07, 6.45) is 41.0. The smallest absolute Gasteiger partial charge is 0.305 e. The standard InChI is InChI=1S/C40H78O4S/c1-3-5-7-9-11-13-15-17-19-21-23-25-27-29-31-33-39(41)43-35-37-45-38-36-44-40(42)34-32-30-28-26-24-22-20-18-16-14-12-10-8-6-4-2/h3-38H2,1-2H3. The molecule has 0 radical (unpaired) electrons. The molecule has 0 bridgehead atoms. The highest BCUT2D eigenvalue weighted by Gasteiger charge is 2.05. The minimum atomic E-state index is -0.0692. The molecule has 0 saturated heterocycles. The van der Waals surface area contributed by atoms with Crippen LogP contribution < -0.4 is 0 Å². The molecule has 0 aromatic carbocycles. The first-order chi connectivity index (χ1) is 22.2. The molecule has 5 heteroatoms. The van der Waals surface area contributed by atoms with Crippen LogP contribution in [0.25, 0.3) is 0 Å². The van der Waals surface area contributed by atoms with E-state index in [-0.39, 0.29) is 11.9 Å². The van der Waals surface area contributed by atoms with Crippen LogP contribution in [-0.2, 0) is 19.1 Å². The Hall–Kier alpha value is -0.710. The molecule has 0 fully saturated rings. The highest BCUT2D eigenvalue weighted by molar-refractivity contribution is 7.99. The molecule has 0 aromatic heterocycles. The first-order valence-electron chi connectivity index (χ1n) is 20.1. The van der Waals surface area contributed by atoms with Crippen molar-refractivity contribution >= 4 is 23.7 Å². The van der Waals surface area contributed by atoms with Crippen LogP contribution in [0.2, 0.25) is 0 Å². The molecule has 0 spiro atoms. The van der Waals surface area contributed by atoms with Crippen molar-refractivity contribution < 1.29 is 19.1 Å². The van der Waals surface area contributed by atoms with Gasteiger partial charge >= 0.3 is 11.9 Å². The Morgan fingerprint density at radius 2 is 0.578 bits per heavy atom. The third kappa shape index (κ3) is 39.4. The van der Waals surface area contributed by atoms with E-state index in [1.54, 1.807) is 11.8 Å². The predicted octanol–water partition coefficient (Wildman–Crippen LogP) is 13.3. The summed E-state index contributed by atoms with van der Waals surface area (Å²) in [5.41, 5.74) is 0. The van der Waals surface area contributed by atoms with Crippen molar-refractivity contribution in [3.05, 3.63) is 0 Å². The quantitative estimate of drug-likeness (QED) is 0.0490. The van der Waals surface area contributed by atoms with Crippen molar-refractivity contribution in [3.8, 4) is 0 Å². The normalized spacial score (nSPS) is 11.2. The Morgan fingerprint density at radius 1 is 0.356 bits per heavy atom. The minimum absolute atomic E-state index is 0.0692. The van der Waals surface area contributed by atoms with Crippen LogP contribution >= 0.6 is 11.8 Å². The second-order valence-electron chi connectivity index (χ2n) is 13.5. The number of hydrogen-bond donors (Lipinski definition) is 0. The van der Waals surface area contributed by atoms with E-state index in [2.05, 4.69) is 13.8 Å². The predicted molar refractivity (Wildman–Crippen MR) is 198 cm³/mol. The van der Waals surface area contributed by atoms with Gasteiger partial charge in [0.2, 0.25) is 0 Å². The number of rotatable bonds is 38. The van der Waals surface area contributed by atoms with Gasteiger partial charge in [-0.15, -0.1) is 0 Å². The Kier molecular flexibility index (Phi) is 38.8. The lowest BCUT2D eigenvalue weighted by Gasteiger charge is -2.07. The van der Waals surface area contributed by atoms with Gasteiger partial charge in [-0.05, 0) is 12.8 Å². The van der Waals surface area contributed by atoms with E-state index in [0.29, 0.717) is 26.1 Å². The van der Waals surface area contributed by atoms with E-state index in [1.165, 1.54) is 167 Å². The van der Waals surface area contributed by atoms with Crippen LogP contribution in [0.5, 0.6) is 0 Å². The van der Waals surface area contributed by atoms with Gasteiger partial charge in [-0.1, -0.05) is 194 Å². The first-order valence-corrected chi connectivity index (χ1v) is 21.2. The lowest BCUT2D eigenvalue weighted by molar-refractivity contribution is -0.143. The summed E-state index contributed by atoms with van der Waals surface area (Å²) in [5.74, 6) is 1.39. The molecule has 0 saturated carbocycles. The summed E-state index contributed by atoms with van der Waals surface area (Å²) in [6.45, 7) is 5.47. The minimum Gasteiger partial charge on any atom is -0.465 e. The highest BCUT2D eigenvalue weighted by atomic mass is 32.2. The molecule has 0 rings (SSSR count). The lowest BCUT2D eigenvalue weighted by atomic mass is 10.0. The van der Waals surface area contributed by atoms with Gasteiger partial charge in [-0.2, -0.15) is 11.8 Å². The van der Waals surface area contributed by atoms with Crippen LogP contribution in [-0.4, -0.2) is 36.7 Å². The molecule has 0 atom stereocenters. The van der Waals surface area contributed by atoms with E-state index in [0.717, 1.165) is 37.2 Å². The van der Waals surface area contributed by atoms with E-state index >= 15 is 0 Å². The van der Waals surface area contributed by atoms with Crippen LogP contribution in [0, 0.1) is 0 Å². The molecular weight excluding hydrogens is 577 g/mol. The van der Waals surface area contributed by atoms with Crippen LogP contribution in [0.4, 0.5) is 0 Å². The maximum absolute atomic E-state index is 11.9. The van der Waals surface area contributed by atoms with E-state index in [9.17, 15) is 9.59 Å². The molecule has 0 aliphatic heterocycles. The summed E-state index contributed by atoms with van der Waals surface area (Å²) in [5, 5.41) is 0. The van der Waals surface area contributed by atoms with E-state index in [1.807, 2.05) is 0 Å². The van der Waals surface area contributed by atoms with Crippen LogP contribution in [0.1, 0.15) is 219 Å². The maximum atomic E-state index is 11.9. The monoisotopic (exact) mass is 655 g/mol. The molecule has 0 heterocycles. The third-order valence-corrected chi connectivity index (χ3v) is 9.86. The Labute approximate surface area is 286 Å². The zero-order chi connectivity index (χ0) is 32.7. The van der Waals surface area contributed by atoms with Crippen molar-refractivity contribution in [1.29, 1.82) is 0 Å². The summed E-state index contributed by atoms with van der Waals surface area (Å²) in [4.78, 5) is 23.9. The number of carbonyl (C=O) groups excluding carboxylic acids is 2. The topological polar surface area (TPSA) is 52.6 Å². The number of unbranched alkanes of at least 4 members (excludes halogenated alkanes) is 28. The number of thioether (sulfide) groups is 1. The average molecular weight is 655 g/mol. The van der Waals surface area contributed by atoms with E-state index in [4.69, 9.17) is 9.47 Å². The third-order valence-electron chi connectivity index (χ3n) is 8.95. The van der Waals surface area contributed by atoms with Crippen LogP contribution in [0.3, 0.4) is 0 Å². The molecule has 4 nitrogen and oxygen atoms in total. The summed E-state index contributed by atoms with van der Waals surface area (Å²) in [7, 11) is 0. The molecule has 0 aliphatic rings. The molecule has 0 unspecified atom stereocenters. The lowest BCUT2D eigenvalue weighted by Crippen LogP contribution is -2.09. The number of ether oxygens (including phenoxy) is 2. The fourth-order valence-electron chi connectivity index (χ4n) is 5.96. The SMILES string of the molecule is CCCCCCCCCCCCCCCCCC(=O)OCCSCCOC(=O)CCCCCCCCCCCCCCCCC. The number of hydrogen-bond acceptors (Lipinski definition) is 5.